The van der Waals surface area contributed by atoms with Crippen LogP contribution >= 0.6 is 11.8 Å². The molecule has 0 saturated heterocycles. The van der Waals surface area contributed by atoms with E-state index in [0.717, 1.165) is 36.9 Å². The van der Waals surface area contributed by atoms with Crippen molar-refractivity contribution in [2.75, 3.05) is 15.8 Å². The summed E-state index contributed by atoms with van der Waals surface area (Å²) in [5.74, 6) is 0.846. The molecule has 2 heterocycles. The van der Waals surface area contributed by atoms with E-state index < -0.39 is 10.0 Å². The number of hydrogen-bond acceptors (Lipinski definition) is 8. The number of sulfonamides is 1. The normalized spacial score (nSPS) is 13.4. The Labute approximate surface area is 208 Å². The van der Waals surface area contributed by atoms with E-state index in [9.17, 15) is 18.5 Å². The molecule has 11 heteroatoms. The highest BCUT2D eigenvalue weighted by Gasteiger charge is 2.17. The lowest BCUT2D eigenvalue weighted by Gasteiger charge is -2.10. The molecule has 1 aromatic carbocycles. The lowest BCUT2D eigenvalue weighted by Crippen LogP contribution is -2.14. The van der Waals surface area contributed by atoms with E-state index in [-0.39, 0.29) is 23.0 Å². The van der Waals surface area contributed by atoms with E-state index in [0.29, 0.717) is 27.8 Å². The number of hydrogen-bond donors (Lipinski definition) is 2. The number of fused-ring (bicyclic) bond motifs is 1. The first kappa shape index (κ1) is 24.8. The predicted octanol–water partition coefficient (Wildman–Crippen LogP) is 4.44. The second-order valence-corrected chi connectivity index (χ2v) is 11.0. The first-order valence-electron chi connectivity index (χ1n) is 11.3. The number of amides is 1. The van der Waals surface area contributed by atoms with Crippen molar-refractivity contribution in [3.05, 3.63) is 59.0 Å². The average molecular weight is 512 g/mol. The first-order chi connectivity index (χ1) is 16.8. The number of nitriles is 1. The van der Waals surface area contributed by atoms with E-state index in [1.165, 1.54) is 48.5 Å². The van der Waals surface area contributed by atoms with E-state index in [1.807, 2.05) is 6.07 Å². The summed E-state index contributed by atoms with van der Waals surface area (Å²) in [4.78, 5) is 17.2. The molecule has 0 radical (unpaired) electrons. The van der Waals surface area contributed by atoms with Crippen LogP contribution in [-0.4, -0.2) is 30.2 Å². The van der Waals surface area contributed by atoms with E-state index >= 15 is 0 Å². The van der Waals surface area contributed by atoms with Gasteiger partial charge < -0.3 is 9.84 Å². The van der Waals surface area contributed by atoms with Gasteiger partial charge in [0, 0.05) is 29.6 Å². The van der Waals surface area contributed by atoms with Crippen molar-refractivity contribution in [1.29, 1.82) is 5.26 Å². The van der Waals surface area contributed by atoms with Gasteiger partial charge in [-0.1, -0.05) is 11.6 Å². The number of carbonyl (C=O) groups is 1. The van der Waals surface area contributed by atoms with Gasteiger partial charge in [0.2, 0.25) is 5.91 Å². The van der Waals surface area contributed by atoms with Crippen LogP contribution in [0.15, 0.2) is 50.8 Å². The number of pyridine rings is 1. The Balaban J connectivity index is 1.31. The molecular weight excluding hydrogens is 486 g/mol. The van der Waals surface area contributed by atoms with Crippen molar-refractivity contribution >= 4 is 39.2 Å². The second-order valence-electron chi connectivity index (χ2n) is 8.22. The quantitative estimate of drug-likeness (QED) is 0.334. The number of nitrogens with one attached hydrogen (secondary N) is 2. The minimum absolute atomic E-state index is 0.0324. The van der Waals surface area contributed by atoms with Crippen LogP contribution < -0.4 is 10.0 Å². The summed E-state index contributed by atoms with van der Waals surface area (Å²) < 4.78 is 32.1. The van der Waals surface area contributed by atoms with E-state index in [2.05, 4.69) is 21.3 Å². The highest BCUT2D eigenvalue weighted by molar-refractivity contribution is 7.99. The number of aryl methyl sites for hydroxylation is 3. The Morgan fingerprint density at radius 1 is 1.17 bits per heavy atom. The van der Waals surface area contributed by atoms with Gasteiger partial charge in [-0.05, 0) is 68.5 Å². The van der Waals surface area contributed by atoms with Crippen molar-refractivity contribution in [1.82, 2.24) is 10.1 Å². The number of carbonyl (C=O) groups excluding carboxylic acids is 1. The molecule has 0 atom stereocenters. The summed E-state index contributed by atoms with van der Waals surface area (Å²) in [7, 11) is -3.83. The lowest BCUT2D eigenvalue weighted by atomic mass is 10.1. The molecule has 1 amide bonds. The zero-order valence-corrected chi connectivity index (χ0v) is 20.8. The number of rotatable bonds is 8. The van der Waals surface area contributed by atoms with Crippen molar-refractivity contribution in [2.24, 2.45) is 0 Å². The van der Waals surface area contributed by atoms with Crippen LogP contribution in [0.3, 0.4) is 0 Å². The first-order valence-corrected chi connectivity index (χ1v) is 13.7. The van der Waals surface area contributed by atoms with Crippen LogP contribution in [0.2, 0.25) is 0 Å². The number of benzene rings is 1. The van der Waals surface area contributed by atoms with Gasteiger partial charge in [0.15, 0.2) is 5.82 Å². The Bertz CT molecular complexity index is 1360. The van der Waals surface area contributed by atoms with Gasteiger partial charge in [-0.2, -0.15) is 5.26 Å². The Kier molecular flexibility index (Phi) is 7.73. The zero-order valence-electron chi connectivity index (χ0n) is 19.2. The standard InChI is InChI=1S/C24H25N5O4S2/c1-16-13-22(28-33-16)29-35(31,32)20-9-7-19(8-10-20)26-23(30)11-12-34-24-18(15-25)14-17-5-3-2-4-6-21(17)27-24/h7-10,13-14H,2-6,11-12H2,1H3,(H,26,30)(H,28,29). The predicted molar refractivity (Wildman–Crippen MR) is 133 cm³/mol. The Morgan fingerprint density at radius 3 is 2.66 bits per heavy atom. The summed E-state index contributed by atoms with van der Waals surface area (Å²) in [6.07, 6.45) is 5.51. The molecule has 9 nitrogen and oxygen atoms in total. The number of thioether (sulfide) groups is 1. The van der Waals surface area contributed by atoms with Crippen LogP contribution in [0.4, 0.5) is 11.5 Å². The lowest BCUT2D eigenvalue weighted by molar-refractivity contribution is -0.115. The smallest absolute Gasteiger partial charge is 0.263 e. The fraction of sp³-hybridized carbons (Fsp3) is 0.333. The minimum atomic E-state index is -3.83. The molecule has 0 saturated carbocycles. The van der Waals surface area contributed by atoms with Crippen molar-refractivity contribution in [3.63, 3.8) is 0 Å². The largest absolute Gasteiger partial charge is 0.360 e. The molecule has 2 N–H and O–H groups in total. The van der Waals surface area contributed by atoms with Crippen LogP contribution in [0, 0.1) is 18.3 Å². The van der Waals surface area contributed by atoms with Gasteiger partial charge in [-0.3, -0.25) is 9.52 Å². The summed E-state index contributed by atoms with van der Waals surface area (Å²) in [5, 5.41) is 16.6. The molecule has 1 aliphatic rings. The monoisotopic (exact) mass is 511 g/mol. The molecule has 2 aromatic heterocycles. The maximum absolute atomic E-state index is 12.5. The molecule has 0 aliphatic heterocycles. The van der Waals surface area contributed by atoms with Gasteiger partial charge >= 0.3 is 0 Å². The fourth-order valence-corrected chi connectivity index (χ4v) is 5.67. The van der Waals surface area contributed by atoms with Gasteiger partial charge in [0.25, 0.3) is 10.0 Å². The van der Waals surface area contributed by atoms with E-state index in [1.54, 1.807) is 6.92 Å². The maximum atomic E-state index is 12.5. The molecule has 0 fully saturated rings. The molecule has 1 aliphatic carbocycles. The van der Waals surface area contributed by atoms with Crippen LogP contribution in [0.25, 0.3) is 0 Å². The SMILES string of the molecule is Cc1cc(NS(=O)(=O)c2ccc(NC(=O)CCSc3nc4c(cc3C#N)CCCCC4)cc2)no1. The third kappa shape index (κ3) is 6.41. The molecule has 3 aromatic rings. The number of anilines is 2. The van der Waals surface area contributed by atoms with Gasteiger partial charge in [-0.25, -0.2) is 13.4 Å². The average Bonchev–Trinajstić information content (AvgIpc) is 3.09. The molecule has 0 bridgehead atoms. The Hall–Kier alpha value is -3.36. The van der Waals surface area contributed by atoms with Crippen LogP contribution in [0.5, 0.6) is 0 Å². The summed E-state index contributed by atoms with van der Waals surface area (Å²) >= 11 is 1.40. The van der Waals surface area contributed by atoms with Crippen LogP contribution in [0.1, 0.15) is 48.3 Å². The highest BCUT2D eigenvalue weighted by Crippen LogP contribution is 2.27. The van der Waals surface area contributed by atoms with Gasteiger partial charge in [-0.15, -0.1) is 11.8 Å². The molecule has 0 spiro atoms. The molecule has 35 heavy (non-hydrogen) atoms. The van der Waals surface area contributed by atoms with Crippen molar-refractivity contribution < 1.29 is 17.7 Å². The molecule has 4 rings (SSSR count). The fourth-order valence-electron chi connectivity index (χ4n) is 3.77. The van der Waals surface area contributed by atoms with Gasteiger partial charge in [0.1, 0.15) is 16.9 Å². The second kappa shape index (κ2) is 10.9. The topological polar surface area (TPSA) is 138 Å². The highest BCUT2D eigenvalue weighted by atomic mass is 32.2. The molecular formula is C24H25N5O4S2. The number of nitrogens with zero attached hydrogens (tertiary/aromatic N) is 3. The maximum Gasteiger partial charge on any atom is 0.263 e. The van der Waals surface area contributed by atoms with Crippen molar-refractivity contribution in [2.45, 2.75) is 55.4 Å². The third-order valence-electron chi connectivity index (χ3n) is 5.52. The summed E-state index contributed by atoms with van der Waals surface area (Å²) in [5.41, 5.74) is 3.27. The minimum Gasteiger partial charge on any atom is -0.360 e. The zero-order chi connectivity index (χ0) is 24.8. The number of aromatic nitrogens is 2. The summed E-state index contributed by atoms with van der Waals surface area (Å²) in [6, 6.07) is 11.5. The van der Waals surface area contributed by atoms with Crippen LogP contribution in [-0.2, 0) is 27.7 Å². The molecule has 0 unspecified atom stereocenters. The van der Waals surface area contributed by atoms with Crippen molar-refractivity contribution in [3.8, 4) is 6.07 Å². The summed E-state index contributed by atoms with van der Waals surface area (Å²) in [6.45, 7) is 1.66. The van der Waals surface area contributed by atoms with E-state index in [4.69, 9.17) is 9.51 Å². The third-order valence-corrected chi connectivity index (χ3v) is 7.88. The van der Waals surface area contributed by atoms with Gasteiger partial charge in [0.05, 0.1) is 10.5 Å². The Morgan fingerprint density at radius 2 is 1.94 bits per heavy atom. The molecule has 182 valence electrons.